The molecule has 1 aliphatic rings. The lowest BCUT2D eigenvalue weighted by Gasteiger charge is -2.17. The number of aryl methyl sites for hydroxylation is 2. The van der Waals surface area contributed by atoms with E-state index in [1.165, 1.54) is 4.57 Å². The lowest BCUT2D eigenvalue weighted by Crippen LogP contribution is -2.25. The highest BCUT2D eigenvalue weighted by atomic mass is 32.2. The fourth-order valence-corrected chi connectivity index (χ4v) is 7.14. The molecule has 2 atom stereocenters. The van der Waals surface area contributed by atoms with Crippen LogP contribution in [0.4, 0.5) is 0 Å². The summed E-state index contributed by atoms with van der Waals surface area (Å²) in [7, 11) is -3.29. The van der Waals surface area contributed by atoms with Gasteiger partial charge in [-0.25, -0.2) is 13.4 Å². The number of hydrogen-bond acceptors (Lipinski definition) is 6. The van der Waals surface area contributed by atoms with Gasteiger partial charge in [-0.05, 0) is 49.2 Å². The van der Waals surface area contributed by atoms with E-state index in [4.69, 9.17) is 0 Å². The van der Waals surface area contributed by atoms with Crippen LogP contribution < -0.4 is 5.56 Å². The molecule has 0 bridgehead atoms. The smallest absolute Gasteiger partial charge is 0.266 e. The van der Waals surface area contributed by atoms with Crippen molar-refractivity contribution in [3.8, 4) is 5.69 Å². The van der Waals surface area contributed by atoms with Gasteiger partial charge >= 0.3 is 0 Å². The zero-order valence-corrected chi connectivity index (χ0v) is 17.1. The Morgan fingerprint density at radius 1 is 1.11 bits per heavy atom. The third-order valence-corrected chi connectivity index (χ3v) is 7.93. The molecular weight excluding hydrogens is 396 g/mol. The number of nitrogens with zero attached hydrogens (tertiary/aromatic N) is 2. The molecule has 0 aliphatic carbocycles. The van der Waals surface area contributed by atoms with E-state index in [1.54, 1.807) is 24.3 Å². The average molecular weight is 417 g/mol. The van der Waals surface area contributed by atoms with Gasteiger partial charge in [-0.3, -0.25) is 9.36 Å². The zero-order valence-electron chi connectivity index (χ0n) is 15.5. The Hall–Kier alpha value is -2.16. The van der Waals surface area contributed by atoms with Crippen LogP contribution in [0.25, 0.3) is 16.6 Å². The molecule has 1 saturated heterocycles. The first kappa shape index (κ1) is 19.2. The Morgan fingerprint density at radius 3 is 2.43 bits per heavy atom. The number of aliphatic hydroxyl groups excluding tert-OH is 1. The number of aromatic nitrogens is 2. The predicted molar refractivity (Wildman–Crippen MR) is 111 cm³/mol. The van der Waals surface area contributed by atoms with Crippen LogP contribution >= 0.6 is 11.8 Å². The molecule has 28 heavy (non-hydrogen) atoms. The second-order valence-electron chi connectivity index (χ2n) is 7.20. The van der Waals surface area contributed by atoms with Crippen molar-refractivity contribution in [3.05, 3.63) is 63.9 Å². The monoisotopic (exact) mass is 416 g/mol. The van der Waals surface area contributed by atoms with Gasteiger partial charge in [0, 0.05) is 0 Å². The fraction of sp³-hybridized carbons (Fsp3) is 0.300. The molecular formula is C20H20N2O4S2. The minimum atomic E-state index is -3.29. The molecule has 1 aliphatic heterocycles. The molecule has 6 nitrogen and oxygen atoms in total. The molecule has 2 aromatic carbocycles. The highest BCUT2D eigenvalue weighted by Gasteiger charge is 2.38. The molecule has 0 radical (unpaired) electrons. The molecule has 0 unspecified atom stereocenters. The Balaban J connectivity index is 1.92. The lowest BCUT2D eigenvalue weighted by atomic mass is 10.1. The molecule has 1 fully saturated rings. The van der Waals surface area contributed by atoms with E-state index >= 15 is 0 Å². The molecule has 0 amide bonds. The standard InChI is InChI=1S/C20H20N2O4S2/c1-12-7-13(2)9-14(8-12)22-19(24)15-5-3-4-6-16(15)21-20(22)27-18-11-28(25,26)10-17(18)23/h3-9,17-18,23H,10-11H2,1-2H3/t17-,18-/m1/s1. The van der Waals surface area contributed by atoms with Crippen LogP contribution in [0, 0.1) is 13.8 Å². The van der Waals surface area contributed by atoms with Crippen molar-refractivity contribution in [2.24, 2.45) is 0 Å². The highest BCUT2D eigenvalue weighted by Crippen LogP contribution is 2.32. The Bertz CT molecular complexity index is 1210. The summed E-state index contributed by atoms with van der Waals surface area (Å²) in [5, 5.41) is 10.5. The maximum atomic E-state index is 13.3. The number of para-hydroxylation sites is 1. The van der Waals surface area contributed by atoms with Gasteiger partial charge in [0.1, 0.15) is 0 Å². The first-order chi connectivity index (χ1) is 13.2. The summed E-state index contributed by atoms with van der Waals surface area (Å²) >= 11 is 1.15. The summed E-state index contributed by atoms with van der Waals surface area (Å²) in [6.07, 6.45) is -0.980. The summed E-state index contributed by atoms with van der Waals surface area (Å²) in [5.74, 6) is -0.388. The third-order valence-electron chi connectivity index (χ3n) is 4.74. The topological polar surface area (TPSA) is 89.3 Å². The molecule has 2 heterocycles. The van der Waals surface area contributed by atoms with Gasteiger partial charge in [-0.2, -0.15) is 0 Å². The van der Waals surface area contributed by atoms with Crippen molar-refractivity contribution in [1.82, 2.24) is 9.55 Å². The molecule has 1 aromatic heterocycles. The molecule has 0 saturated carbocycles. The van der Waals surface area contributed by atoms with E-state index in [-0.39, 0.29) is 17.1 Å². The van der Waals surface area contributed by atoms with Crippen LogP contribution in [0.2, 0.25) is 0 Å². The van der Waals surface area contributed by atoms with Gasteiger partial charge in [-0.15, -0.1) is 0 Å². The SMILES string of the molecule is Cc1cc(C)cc(-n2c(S[C@@H]3CS(=O)(=O)C[C@H]3O)nc3ccccc3c2=O)c1. The zero-order chi connectivity index (χ0) is 20.1. The molecule has 146 valence electrons. The van der Waals surface area contributed by atoms with E-state index in [0.29, 0.717) is 21.7 Å². The predicted octanol–water partition coefficient (Wildman–Crippen LogP) is 2.25. The molecule has 0 spiro atoms. The lowest BCUT2D eigenvalue weighted by molar-refractivity contribution is 0.207. The van der Waals surface area contributed by atoms with E-state index < -0.39 is 21.2 Å². The largest absolute Gasteiger partial charge is 0.391 e. The minimum absolute atomic E-state index is 0.131. The van der Waals surface area contributed by atoms with Crippen molar-refractivity contribution in [2.45, 2.75) is 30.4 Å². The minimum Gasteiger partial charge on any atom is -0.391 e. The summed E-state index contributed by atoms with van der Waals surface area (Å²) < 4.78 is 25.3. The number of hydrogen-bond donors (Lipinski definition) is 1. The van der Waals surface area contributed by atoms with E-state index in [1.807, 2.05) is 32.0 Å². The van der Waals surface area contributed by atoms with Crippen LogP contribution in [0.1, 0.15) is 11.1 Å². The third kappa shape index (κ3) is 3.59. The summed E-state index contributed by atoms with van der Waals surface area (Å²) in [5.41, 5.74) is 3.03. The second kappa shape index (κ2) is 7.02. The van der Waals surface area contributed by atoms with Gasteiger partial charge in [0.25, 0.3) is 5.56 Å². The average Bonchev–Trinajstić information content (AvgIpc) is 2.86. The fourth-order valence-electron chi connectivity index (χ4n) is 3.54. The first-order valence-electron chi connectivity index (χ1n) is 8.89. The van der Waals surface area contributed by atoms with Crippen molar-refractivity contribution in [1.29, 1.82) is 0 Å². The van der Waals surface area contributed by atoms with Gasteiger partial charge in [0.2, 0.25) is 0 Å². The molecule has 1 N–H and O–H groups in total. The van der Waals surface area contributed by atoms with Gasteiger partial charge < -0.3 is 5.11 Å². The Kier molecular flexibility index (Phi) is 4.81. The van der Waals surface area contributed by atoms with E-state index in [0.717, 1.165) is 22.9 Å². The number of benzene rings is 2. The maximum absolute atomic E-state index is 13.3. The maximum Gasteiger partial charge on any atom is 0.266 e. The van der Waals surface area contributed by atoms with E-state index in [9.17, 15) is 18.3 Å². The van der Waals surface area contributed by atoms with Crippen molar-refractivity contribution >= 4 is 32.5 Å². The Morgan fingerprint density at radius 2 is 1.79 bits per heavy atom. The summed E-state index contributed by atoms with van der Waals surface area (Å²) in [4.78, 5) is 17.9. The number of thioether (sulfide) groups is 1. The highest BCUT2D eigenvalue weighted by molar-refractivity contribution is 8.01. The summed E-state index contributed by atoms with van der Waals surface area (Å²) in [6.45, 7) is 3.91. The number of fused-ring (bicyclic) bond motifs is 1. The molecule has 4 rings (SSSR count). The first-order valence-corrected chi connectivity index (χ1v) is 11.6. The van der Waals surface area contributed by atoms with Crippen LogP contribution in [-0.4, -0.2) is 45.9 Å². The van der Waals surface area contributed by atoms with Crippen LogP contribution in [-0.2, 0) is 9.84 Å². The second-order valence-corrected chi connectivity index (χ2v) is 10.6. The van der Waals surface area contributed by atoms with Crippen molar-refractivity contribution in [2.75, 3.05) is 11.5 Å². The Labute approximate surface area is 167 Å². The normalized spacial score (nSPS) is 21.2. The van der Waals surface area contributed by atoms with Gasteiger partial charge in [0.15, 0.2) is 15.0 Å². The van der Waals surface area contributed by atoms with Gasteiger partial charge in [-0.1, -0.05) is 30.0 Å². The van der Waals surface area contributed by atoms with Crippen LogP contribution in [0.5, 0.6) is 0 Å². The summed E-state index contributed by atoms with van der Waals surface area (Å²) in [6, 6.07) is 12.9. The number of rotatable bonds is 3. The van der Waals surface area contributed by atoms with Crippen molar-refractivity contribution < 1.29 is 13.5 Å². The molecule has 3 aromatic rings. The number of sulfone groups is 1. The molecule has 8 heteroatoms. The van der Waals surface area contributed by atoms with E-state index in [2.05, 4.69) is 4.98 Å². The quantitative estimate of drug-likeness (QED) is 0.659. The number of aliphatic hydroxyl groups is 1. The van der Waals surface area contributed by atoms with Crippen molar-refractivity contribution in [3.63, 3.8) is 0 Å². The van der Waals surface area contributed by atoms with Gasteiger partial charge in [0.05, 0.1) is 39.4 Å². The van der Waals surface area contributed by atoms with Crippen LogP contribution in [0.3, 0.4) is 0 Å². The van der Waals surface area contributed by atoms with Crippen LogP contribution in [0.15, 0.2) is 52.4 Å².